The van der Waals surface area contributed by atoms with Crippen LogP contribution >= 0.6 is 0 Å². The van der Waals surface area contributed by atoms with Crippen LogP contribution < -0.4 is 10.5 Å². The number of nitrogens with zero attached hydrogens (tertiary/aromatic N) is 7. The molecule has 1 saturated heterocycles. The lowest BCUT2D eigenvalue weighted by atomic mass is 10.2. The Bertz CT molecular complexity index is 1250. The second kappa shape index (κ2) is 6.00. The van der Waals surface area contributed by atoms with E-state index in [1.165, 1.54) is 21.2 Å². The van der Waals surface area contributed by atoms with Gasteiger partial charge >= 0.3 is 0 Å². The average Bonchev–Trinajstić information content (AvgIpc) is 3.16. The van der Waals surface area contributed by atoms with E-state index in [-0.39, 0.29) is 12.1 Å². The molecule has 1 aromatic carbocycles. The summed E-state index contributed by atoms with van der Waals surface area (Å²) in [5.41, 5.74) is 2.35. The largest absolute Gasteiger partial charge is 0.371 e. The highest BCUT2D eigenvalue weighted by Gasteiger charge is 2.58. The van der Waals surface area contributed by atoms with E-state index in [9.17, 15) is 4.79 Å². The van der Waals surface area contributed by atoms with Gasteiger partial charge in [0, 0.05) is 30.3 Å². The first-order chi connectivity index (χ1) is 14.2. The molecular weight excluding hydrogens is 370 g/mol. The summed E-state index contributed by atoms with van der Waals surface area (Å²) in [6, 6.07) is 10.5. The summed E-state index contributed by atoms with van der Waals surface area (Å²) < 4.78 is 8.26. The van der Waals surface area contributed by atoms with Crippen molar-refractivity contribution in [2.45, 2.75) is 19.4 Å². The fourth-order valence-electron chi connectivity index (χ4n) is 4.54. The predicted octanol–water partition coefficient (Wildman–Crippen LogP) is 1.48. The summed E-state index contributed by atoms with van der Waals surface area (Å²) in [5, 5.41) is 12.4. The van der Waals surface area contributed by atoms with Gasteiger partial charge in [-0.25, -0.2) is 0 Å². The van der Waals surface area contributed by atoms with E-state index in [1.54, 1.807) is 6.20 Å². The second-order valence-electron chi connectivity index (χ2n) is 7.87. The van der Waals surface area contributed by atoms with Crippen LogP contribution in [-0.4, -0.2) is 42.6 Å². The number of aryl methyl sites for hydroxylation is 1. The van der Waals surface area contributed by atoms with Crippen molar-refractivity contribution < 1.29 is 4.52 Å². The maximum atomic E-state index is 12.7. The zero-order valence-corrected chi connectivity index (χ0v) is 15.8. The fourth-order valence-corrected chi connectivity index (χ4v) is 4.54. The minimum Gasteiger partial charge on any atom is -0.371 e. The van der Waals surface area contributed by atoms with E-state index >= 15 is 0 Å². The number of piperidine rings is 1. The minimum atomic E-state index is -0.170. The maximum absolute atomic E-state index is 12.7. The van der Waals surface area contributed by atoms with E-state index in [2.05, 4.69) is 49.5 Å². The van der Waals surface area contributed by atoms with Crippen molar-refractivity contribution in [3.05, 3.63) is 70.5 Å². The topological polar surface area (TPSA) is 94.4 Å². The van der Waals surface area contributed by atoms with Gasteiger partial charge in [0.05, 0.1) is 6.20 Å². The Kier molecular flexibility index (Phi) is 3.41. The molecule has 0 spiro atoms. The van der Waals surface area contributed by atoms with E-state index in [1.807, 2.05) is 13.0 Å². The maximum Gasteiger partial charge on any atom is 0.280 e. The highest BCUT2D eigenvalue weighted by Crippen LogP contribution is 2.57. The number of hydrogen-bond acceptors (Lipinski definition) is 7. The third-order valence-electron chi connectivity index (χ3n) is 6.10. The van der Waals surface area contributed by atoms with Crippen LogP contribution in [-0.2, 0) is 6.54 Å². The lowest BCUT2D eigenvalue weighted by Gasteiger charge is -2.21. The first-order valence-electron chi connectivity index (χ1n) is 9.71. The van der Waals surface area contributed by atoms with Gasteiger partial charge in [-0.15, -0.1) is 9.73 Å². The smallest absolute Gasteiger partial charge is 0.280 e. The van der Waals surface area contributed by atoms with Crippen LogP contribution in [0.5, 0.6) is 0 Å². The Hall–Kier alpha value is -3.49. The van der Waals surface area contributed by atoms with Crippen molar-refractivity contribution in [1.29, 1.82) is 0 Å². The fraction of sp³-hybridized carbons (Fsp3) is 0.350. The van der Waals surface area contributed by atoms with Crippen molar-refractivity contribution in [2.75, 3.05) is 18.0 Å². The molecule has 9 heteroatoms. The summed E-state index contributed by atoms with van der Waals surface area (Å²) in [6.45, 7) is 4.08. The molecule has 1 aliphatic heterocycles. The van der Waals surface area contributed by atoms with Crippen LogP contribution in [0.2, 0.25) is 0 Å². The van der Waals surface area contributed by atoms with Crippen LogP contribution in [0.4, 0.5) is 5.69 Å². The van der Waals surface area contributed by atoms with E-state index in [0.717, 1.165) is 24.5 Å². The predicted molar refractivity (Wildman–Crippen MR) is 104 cm³/mol. The molecule has 3 atom stereocenters. The van der Waals surface area contributed by atoms with Gasteiger partial charge in [-0.05, 0) is 30.9 Å². The molecule has 1 aliphatic carbocycles. The average molecular weight is 389 g/mol. The van der Waals surface area contributed by atoms with Crippen LogP contribution in [0.25, 0.3) is 5.52 Å². The Morgan fingerprint density at radius 3 is 2.72 bits per heavy atom. The molecule has 0 N–H and O–H groups in total. The highest BCUT2D eigenvalue weighted by atomic mass is 16.5. The molecule has 0 amide bonds. The third kappa shape index (κ3) is 2.57. The molecule has 6 rings (SSSR count). The van der Waals surface area contributed by atoms with Gasteiger partial charge in [-0.2, -0.15) is 10.1 Å². The number of fused-ring (bicyclic) bond motifs is 2. The van der Waals surface area contributed by atoms with Gasteiger partial charge in [0.1, 0.15) is 12.9 Å². The van der Waals surface area contributed by atoms with Gasteiger partial charge in [0.25, 0.3) is 5.56 Å². The summed E-state index contributed by atoms with van der Waals surface area (Å²) in [7, 11) is 0. The lowest BCUT2D eigenvalue weighted by molar-refractivity contribution is 0.363. The Morgan fingerprint density at radius 1 is 1.14 bits per heavy atom. The molecule has 2 aliphatic rings. The number of anilines is 1. The van der Waals surface area contributed by atoms with Crippen molar-refractivity contribution in [1.82, 2.24) is 29.5 Å². The molecule has 146 valence electrons. The Morgan fingerprint density at radius 2 is 1.93 bits per heavy atom. The van der Waals surface area contributed by atoms with Gasteiger partial charge in [-0.1, -0.05) is 23.4 Å². The van der Waals surface area contributed by atoms with E-state index in [4.69, 9.17) is 4.52 Å². The normalized spacial score (nSPS) is 22.9. The van der Waals surface area contributed by atoms with E-state index < -0.39 is 0 Å². The Balaban J connectivity index is 1.18. The highest BCUT2D eigenvalue weighted by molar-refractivity contribution is 5.50. The number of hydrogen-bond donors (Lipinski definition) is 0. The molecule has 1 saturated carbocycles. The van der Waals surface area contributed by atoms with Crippen molar-refractivity contribution in [3.63, 3.8) is 0 Å². The molecule has 0 radical (unpaired) electrons. The zero-order valence-electron chi connectivity index (χ0n) is 15.8. The molecule has 2 fully saturated rings. The zero-order chi connectivity index (χ0) is 19.5. The first kappa shape index (κ1) is 16.5. The van der Waals surface area contributed by atoms with Gasteiger partial charge in [-0.3, -0.25) is 9.36 Å². The first-order valence-corrected chi connectivity index (χ1v) is 9.71. The van der Waals surface area contributed by atoms with Crippen LogP contribution in [0, 0.1) is 18.8 Å². The standard InChI is InChI=1S/C20H19N7O2/c1-12-7-21-27-18(12)20(28)26(11-22-27)10-16-23-19(24-29-16)17-14-8-25(9-15(14)17)13-5-3-2-4-6-13/h2-7,11,14-15,17H,8-10H2,1H3/t14-,15+,17?. The molecule has 4 heterocycles. The van der Waals surface area contributed by atoms with Crippen LogP contribution in [0.15, 0.2) is 52.2 Å². The molecule has 3 aromatic heterocycles. The number of aromatic nitrogens is 6. The molecule has 0 bridgehead atoms. The molecular formula is C20H19N7O2. The molecule has 1 unspecified atom stereocenters. The number of benzene rings is 1. The molecule has 29 heavy (non-hydrogen) atoms. The number of para-hydroxylation sites is 1. The monoisotopic (exact) mass is 389 g/mol. The van der Waals surface area contributed by atoms with Crippen molar-refractivity contribution in [3.8, 4) is 0 Å². The Labute approximate surface area is 165 Å². The quantitative estimate of drug-likeness (QED) is 0.522. The van der Waals surface area contributed by atoms with Gasteiger partial charge in [0.15, 0.2) is 11.3 Å². The summed E-state index contributed by atoms with van der Waals surface area (Å²) >= 11 is 0. The summed E-state index contributed by atoms with van der Waals surface area (Å²) in [5.74, 6) is 2.66. The molecule has 9 nitrogen and oxygen atoms in total. The van der Waals surface area contributed by atoms with Crippen molar-refractivity contribution >= 4 is 11.2 Å². The summed E-state index contributed by atoms with van der Waals surface area (Å²) in [4.78, 5) is 19.7. The SMILES string of the molecule is Cc1cnn2ncn(Cc3nc(C4[C@H]5CN(c6ccccc6)C[C@@H]45)no3)c(=O)c12. The van der Waals surface area contributed by atoms with Gasteiger partial charge in [0.2, 0.25) is 5.89 Å². The van der Waals surface area contributed by atoms with Crippen LogP contribution in [0.1, 0.15) is 23.2 Å². The minimum absolute atomic E-state index is 0.170. The van der Waals surface area contributed by atoms with Crippen molar-refractivity contribution in [2.24, 2.45) is 11.8 Å². The van der Waals surface area contributed by atoms with E-state index in [0.29, 0.717) is 29.2 Å². The third-order valence-corrected chi connectivity index (χ3v) is 6.10. The lowest BCUT2D eigenvalue weighted by Crippen LogP contribution is -2.24. The van der Waals surface area contributed by atoms with Gasteiger partial charge < -0.3 is 9.42 Å². The van der Waals surface area contributed by atoms with Crippen LogP contribution in [0.3, 0.4) is 0 Å². The molecule has 4 aromatic rings. The summed E-state index contributed by atoms with van der Waals surface area (Å²) in [6.07, 6.45) is 3.08. The second-order valence-corrected chi connectivity index (χ2v) is 7.87. The number of rotatable bonds is 4.